The van der Waals surface area contributed by atoms with Crippen molar-refractivity contribution in [2.24, 2.45) is 5.41 Å². The first-order valence-corrected chi connectivity index (χ1v) is 14.4. The number of anilines is 1. The van der Waals surface area contributed by atoms with Crippen LogP contribution in [0.4, 0.5) is 5.95 Å². The number of nitrogens with two attached hydrogens (primary N) is 1. The molecule has 1 aromatic heterocycles. The Hall–Kier alpha value is -3.30. The maximum absolute atomic E-state index is 13.9. The van der Waals surface area contributed by atoms with E-state index < -0.39 is 11.1 Å². The summed E-state index contributed by atoms with van der Waals surface area (Å²) in [6, 6.07) is 14.1. The zero-order valence-corrected chi connectivity index (χ0v) is 24.1. The molecule has 4 rings (SSSR count). The number of aryl methyl sites for hydroxylation is 2. The minimum absolute atomic E-state index is 0.0809. The summed E-state index contributed by atoms with van der Waals surface area (Å²) >= 11 is -2.17. The number of rotatable bonds is 9. The van der Waals surface area contributed by atoms with Crippen LogP contribution in [0.2, 0.25) is 0 Å². The molecule has 0 aliphatic heterocycles. The van der Waals surface area contributed by atoms with Gasteiger partial charge in [-0.1, -0.05) is 45.0 Å². The third-order valence-corrected chi connectivity index (χ3v) is 7.76. The molecule has 0 saturated heterocycles. The number of hydrogen-bond acceptors (Lipinski definition) is 6. The average Bonchev–Trinajstić information content (AvgIpc) is 2.82. The molecule has 2 aromatic carbocycles. The highest BCUT2D eigenvalue weighted by atomic mass is 32.2. The Morgan fingerprint density at radius 1 is 1.13 bits per heavy atom. The molecule has 2 atom stereocenters. The SMILES string of the molecule is Cc1cccc(C)c1-c1cc(OC[C@@H](CC(C)(C)C)N(C(=O)c2cccc(S(=O)O)c2)C2CCC2)nc(N)n1. The normalized spacial score (nSPS) is 15.3. The van der Waals surface area contributed by atoms with Crippen molar-refractivity contribution >= 4 is 22.9 Å². The second-order valence-electron chi connectivity index (χ2n) is 11.5. The van der Waals surface area contributed by atoms with Crippen molar-refractivity contribution in [2.75, 3.05) is 12.3 Å². The number of nitrogens with zero attached hydrogens (tertiary/aromatic N) is 3. The number of carbonyl (C=O) groups is 1. The molecule has 3 aromatic rings. The molecule has 1 unspecified atom stereocenters. The van der Waals surface area contributed by atoms with Gasteiger partial charge in [0.2, 0.25) is 11.8 Å². The minimum atomic E-state index is -2.17. The van der Waals surface area contributed by atoms with E-state index in [2.05, 4.69) is 30.7 Å². The minimum Gasteiger partial charge on any atom is -0.475 e. The number of hydrogen-bond donors (Lipinski definition) is 2. The zero-order valence-electron chi connectivity index (χ0n) is 23.3. The molecule has 0 bridgehead atoms. The fraction of sp³-hybridized carbons (Fsp3) is 0.433. The predicted octanol–water partition coefficient (Wildman–Crippen LogP) is 5.80. The van der Waals surface area contributed by atoms with Gasteiger partial charge < -0.3 is 19.9 Å². The number of aromatic nitrogens is 2. The van der Waals surface area contributed by atoms with Gasteiger partial charge in [0.25, 0.3) is 5.91 Å². The molecule has 8 nitrogen and oxygen atoms in total. The predicted molar refractivity (Wildman–Crippen MR) is 154 cm³/mol. The topological polar surface area (TPSA) is 119 Å². The van der Waals surface area contributed by atoms with Gasteiger partial charge in [0, 0.05) is 23.2 Å². The van der Waals surface area contributed by atoms with Crippen LogP contribution < -0.4 is 10.5 Å². The van der Waals surface area contributed by atoms with E-state index in [4.69, 9.17) is 10.5 Å². The molecule has 1 saturated carbocycles. The number of nitrogen functional groups attached to an aromatic ring is 1. The standard InChI is InChI=1S/C30H38N4O4S/c1-19-9-6-10-20(2)27(19)25-16-26(33-29(31)32-25)38-18-23(17-30(3,4)5)34(22-12-8-13-22)28(35)21-11-7-14-24(15-21)39(36)37/h6-7,9-11,14-16,22-23H,8,12-13,17-18H2,1-5H3,(H,36,37)(H2,31,32,33)/t23-/m1/s1. The van der Waals surface area contributed by atoms with Crippen LogP contribution in [-0.2, 0) is 11.1 Å². The molecule has 9 heteroatoms. The Morgan fingerprint density at radius 3 is 2.38 bits per heavy atom. The number of ether oxygens (including phenoxy) is 1. The van der Waals surface area contributed by atoms with Crippen molar-refractivity contribution < 1.29 is 18.3 Å². The van der Waals surface area contributed by atoms with Crippen molar-refractivity contribution in [2.45, 2.75) is 77.3 Å². The van der Waals surface area contributed by atoms with E-state index in [-0.39, 0.29) is 40.9 Å². The van der Waals surface area contributed by atoms with Crippen LogP contribution in [0, 0.1) is 19.3 Å². The lowest BCUT2D eigenvalue weighted by Crippen LogP contribution is -2.53. The lowest BCUT2D eigenvalue weighted by molar-refractivity contribution is 0.0244. The lowest BCUT2D eigenvalue weighted by Gasteiger charge is -2.44. The second-order valence-corrected chi connectivity index (χ2v) is 12.5. The number of benzene rings is 2. The van der Waals surface area contributed by atoms with Crippen LogP contribution in [0.25, 0.3) is 11.3 Å². The maximum atomic E-state index is 13.9. The van der Waals surface area contributed by atoms with Gasteiger partial charge >= 0.3 is 0 Å². The van der Waals surface area contributed by atoms with Gasteiger partial charge in [-0.05, 0) is 74.3 Å². The zero-order chi connectivity index (χ0) is 28.3. The Morgan fingerprint density at radius 2 is 1.79 bits per heavy atom. The Bertz CT molecular complexity index is 1350. The summed E-state index contributed by atoms with van der Waals surface area (Å²) in [4.78, 5) is 24.8. The third-order valence-electron chi connectivity index (χ3n) is 7.11. The van der Waals surface area contributed by atoms with E-state index in [1.165, 1.54) is 6.07 Å². The molecule has 1 fully saturated rings. The van der Waals surface area contributed by atoms with Crippen LogP contribution in [-0.4, -0.2) is 48.2 Å². The van der Waals surface area contributed by atoms with Crippen molar-refractivity contribution in [3.63, 3.8) is 0 Å². The van der Waals surface area contributed by atoms with Crippen molar-refractivity contribution in [1.29, 1.82) is 0 Å². The van der Waals surface area contributed by atoms with E-state index in [9.17, 15) is 13.6 Å². The number of amides is 1. The lowest BCUT2D eigenvalue weighted by atomic mass is 9.84. The first-order chi connectivity index (χ1) is 18.4. The number of carbonyl (C=O) groups excluding carboxylic acids is 1. The van der Waals surface area contributed by atoms with E-state index in [1.807, 2.05) is 36.9 Å². The molecule has 208 valence electrons. The van der Waals surface area contributed by atoms with E-state index in [0.29, 0.717) is 23.6 Å². The highest BCUT2D eigenvalue weighted by molar-refractivity contribution is 7.79. The Balaban J connectivity index is 1.65. The summed E-state index contributed by atoms with van der Waals surface area (Å²) in [6.45, 7) is 10.7. The molecule has 3 N–H and O–H groups in total. The van der Waals surface area contributed by atoms with Gasteiger partial charge in [0.05, 0.1) is 16.6 Å². The Kier molecular flexibility index (Phi) is 8.71. The maximum Gasteiger partial charge on any atom is 0.254 e. The van der Waals surface area contributed by atoms with E-state index >= 15 is 0 Å². The molecule has 1 heterocycles. The first-order valence-electron chi connectivity index (χ1n) is 13.3. The van der Waals surface area contributed by atoms with Crippen molar-refractivity contribution in [3.05, 3.63) is 65.2 Å². The molecule has 0 radical (unpaired) electrons. The molecule has 1 amide bonds. The molecule has 1 aliphatic rings. The quantitative estimate of drug-likeness (QED) is 0.323. The fourth-order valence-corrected chi connectivity index (χ4v) is 5.59. The van der Waals surface area contributed by atoms with Crippen LogP contribution >= 0.6 is 0 Å². The summed E-state index contributed by atoms with van der Waals surface area (Å²) < 4.78 is 27.5. The summed E-state index contributed by atoms with van der Waals surface area (Å²) in [6.07, 6.45) is 3.58. The second kappa shape index (κ2) is 11.8. The highest BCUT2D eigenvalue weighted by Crippen LogP contribution is 2.34. The van der Waals surface area contributed by atoms with Gasteiger partial charge in [-0.2, -0.15) is 4.98 Å². The van der Waals surface area contributed by atoms with Gasteiger partial charge in [0.1, 0.15) is 6.61 Å². The molecule has 1 aliphatic carbocycles. The van der Waals surface area contributed by atoms with Crippen LogP contribution in [0.1, 0.15) is 67.9 Å². The highest BCUT2D eigenvalue weighted by Gasteiger charge is 2.37. The van der Waals surface area contributed by atoms with Gasteiger partial charge in [-0.25, -0.2) is 9.19 Å². The van der Waals surface area contributed by atoms with Crippen LogP contribution in [0.3, 0.4) is 0 Å². The molecule has 0 spiro atoms. The Labute approximate surface area is 233 Å². The van der Waals surface area contributed by atoms with Gasteiger partial charge in [-0.3, -0.25) is 4.79 Å². The van der Waals surface area contributed by atoms with Crippen LogP contribution in [0.5, 0.6) is 5.88 Å². The first kappa shape index (κ1) is 28.7. The van der Waals surface area contributed by atoms with Crippen molar-refractivity contribution in [1.82, 2.24) is 14.9 Å². The summed E-state index contributed by atoms with van der Waals surface area (Å²) in [5, 5.41) is 0. The smallest absolute Gasteiger partial charge is 0.254 e. The summed E-state index contributed by atoms with van der Waals surface area (Å²) in [7, 11) is 0. The van der Waals surface area contributed by atoms with Gasteiger partial charge in [-0.15, -0.1) is 0 Å². The fourth-order valence-electron chi connectivity index (χ4n) is 5.17. The average molecular weight is 551 g/mol. The van der Waals surface area contributed by atoms with E-state index in [0.717, 1.165) is 36.0 Å². The molecular formula is C30H38N4O4S. The third kappa shape index (κ3) is 7.02. The van der Waals surface area contributed by atoms with E-state index in [1.54, 1.807) is 24.3 Å². The molecule has 39 heavy (non-hydrogen) atoms. The monoisotopic (exact) mass is 550 g/mol. The molecular weight excluding hydrogens is 512 g/mol. The summed E-state index contributed by atoms with van der Waals surface area (Å²) in [5.41, 5.74) is 10.3. The van der Waals surface area contributed by atoms with Crippen molar-refractivity contribution in [3.8, 4) is 17.1 Å². The van der Waals surface area contributed by atoms with Gasteiger partial charge in [0.15, 0.2) is 11.1 Å². The van der Waals surface area contributed by atoms with Crippen LogP contribution in [0.15, 0.2) is 53.4 Å². The summed E-state index contributed by atoms with van der Waals surface area (Å²) in [5.74, 6) is 0.319. The largest absolute Gasteiger partial charge is 0.475 e.